The first-order chi connectivity index (χ1) is 16.4. The van der Waals surface area contributed by atoms with Gasteiger partial charge in [0, 0.05) is 29.1 Å². The number of aromatic nitrogens is 1. The Labute approximate surface area is 207 Å². The number of aryl methyl sites for hydroxylation is 2. The standard InChI is InChI=1S/C27H36N4O4/c1-16(2)12-22-20(13-29-26(34)35-27(5,6)7)24(19-10-8-17(3)9-11-19)21(18(4)30-22)15-31-23(32)14-28-25(31)33/h8-11,16H,12-15H2,1-7H3,(H,28,33)(H,29,34). The lowest BCUT2D eigenvalue weighted by atomic mass is 9.89. The van der Waals surface area contributed by atoms with Crippen molar-refractivity contribution in [1.82, 2.24) is 20.5 Å². The van der Waals surface area contributed by atoms with Gasteiger partial charge in [0.05, 0.1) is 13.1 Å². The number of nitrogens with zero attached hydrogens (tertiary/aromatic N) is 2. The van der Waals surface area contributed by atoms with E-state index in [1.807, 2.05) is 58.9 Å². The van der Waals surface area contributed by atoms with E-state index < -0.39 is 17.7 Å². The Kier molecular flexibility index (Phi) is 7.83. The monoisotopic (exact) mass is 480 g/mol. The summed E-state index contributed by atoms with van der Waals surface area (Å²) >= 11 is 0. The van der Waals surface area contributed by atoms with E-state index in [0.717, 1.165) is 39.2 Å². The van der Waals surface area contributed by atoms with E-state index in [-0.39, 0.29) is 25.5 Å². The van der Waals surface area contributed by atoms with E-state index in [9.17, 15) is 14.4 Å². The number of carbonyl (C=O) groups is 3. The van der Waals surface area contributed by atoms with Crippen molar-refractivity contribution < 1.29 is 19.1 Å². The summed E-state index contributed by atoms with van der Waals surface area (Å²) in [5.74, 6) is 0.0637. The van der Waals surface area contributed by atoms with Crippen LogP contribution in [0, 0.1) is 19.8 Å². The summed E-state index contributed by atoms with van der Waals surface area (Å²) < 4.78 is 5.46. The second kappa shape index (κ2) is 10.5. The van der Waals surface area contributed by atoms with Crippen LogP contribution in [0.5, 0.6) is 0 Å². The fourth-order valence-corrected chi connectivity index (χ4v) is 4.10. The van der Waals surface area contributed by atoms with Gasteiger partial charge in [-0.15, -0.1) is 0 Å². The summed E-state index contributed by atoms with van der Waals surface area (Å²) in [5, 5.41) is 5.47. The molecule has 188 valence electrons. The Morgan fingerprint density at radius 3 is 2.34 bits per heavy atom. The lowest BCUT2D eigenvalue weighted by molar-refractivity contribution is -0.125. The van der Waals surface area contributed by atoms with Crippen LogP contribution in [-0.4, -0.2) is 40.1 Å². The van der Waals surface area contributed by atoms with Crippen LogP contribution in [-0.2, 0) is 29.0 Å². The molecular formula is C27H36N4O4. The molecule has 3 rings (SSSR count). The molecule has 1 saturated heterocycles. The molecule has 0 unspecified atom stereocenters. The Hall–Kier alpha value is -3.42. The van der Waals surface area contributed by atoms with Crippen molar-refractivity contribution in [3.63, 3.8) is 0 Å². The molecule has 1 fully saturated rings. The van der Waals surface area contributed by atoms with Crippen molar-refractivity contribution in [3.8, 4) is 11.1 Å². The summed E-state index contributed by atoms with van der Waals surface area (Å²) in [4.78, 5) is 43.4. The summed E-state index contributed by atoms with van der Waals surface area (Å²) in [6.45, 7) is 13.9. The van der Waals surface area contributed by atoms with E-state index in [1.54, 1.807) is 0 Å². The highest BCUT2D eigenvalue weighted by molar-refractivity contribution is 6.02. The average Bonchev–Trinajstić information content (AvgIpc) is 3.05. The van der Waals surface area contributed by atoms with Gasteiger partial charge in [0.2, 0.25) is 5.91 Å². The molecule has 0 spiro atoms. The molecule has 0 aliphatic carbocycles. The molecular weight excluding hydrogens is 444 g/mol. The first-order valence-electron chi connectivity index (χ1n) is 12.0. The minimum Gasteiger partial charge on any atom is -0.444 e. The summed E-state index contributed by atoms with van der Waals surface area (Å²) in [5.41, 5.74) is 5.60. The smallest absolute Gasteiger partial charge is 0.407 e. The maximum Gasteiger partial charge on any atom is 0.407 e. The highest BCUT2D eigenvalue weighted by Gasteiger charge is 2.31. The zero-order chi connectivity index (χ0) is 25.9. The van der Waals surface area contributed by atoms with Gasteiger partial charge in [0.25, 0.3) is 0 Å². The van der Waals surface area contributed by atoms with E-state index in [0.29, 0.717) is 12.3 Å². The molecule has 2 N–H and O–H groups in total. The number of hydrogen-bond donors (Lipinski definition) is 2. The fourth-order valence-electron chi connectivity index (χ4n) is 4.10. The van der Waals surface area contributed by atoms with Crippen LogP contribution in [0.2, 0.25) is 0 Å². The van der Waals surface area contributed by atoms with E-state index >= 15 is 0 Å². The zero-order valence-corrected chi connectivity index (χ0v) is 21.7. The molecule has 0 atom stereocenters. The number of urea groups is 1. The molecule has 2 aromatic rings. The first kappa shape index (κ1) is 26.2. The first-order valence-corrected chi connectivity index (χ1v) is 12.0. The minimum atomic E-state index is -0.620. The molecule has 0 saturated carbocycles. The molecule has 0 radical (unpaired) electrons. The number of nitrogens with one attached hydrogen (secondary N) is 2. The third-order valence-electron chi connectivity index (χ3n) is 5.69. The van der Waals surface area contributed by atoms with Gasteiger partial charge in [0.15, 0.2) is 0 Å². The number of imide groups is 1. The fraction of sp³-hybridized carbons (Fsp3) is 0.481. The van der Waals surface area contributed by atoms with Gasteiger partial charge >= 0.3 is 12.1 Å². The molecule has 1 aromatic heterocycles. The predicted octanol–water partition coefficient (Wildman–Crippen LogP) is 4.64. The normalized spacial score (nSPS) is 13.9. The van der Waals surface area contributed by atoms with Crippen LogP contribution < -0.4 is 10.6 Å². The van der Waals surface area contributed by atoms with Crippen LogP contribution in [0.3, 0.4) is 0 Å². The van der Waals surface area contributed by atoms with Gasteiger partial charge in [0.1, 0.15) is 5.60 Å². The van der Waals surface area contributed by atoms with E-state index in [2.05, 4.69) is 24.5 Å². The summed E-state index contributed by atoms with van der Waals surface area (Å²) in [6.07, 6.45) is 0.202. The number of benzene rings is 1. The molecule has 1 aliphatic heterocycles. The van der Waals surface area contributed by atoms with Crippen LogP contribution in [0.15, 0.2) is 24.3 Å². The third kappa shape index (κ3) is 6.59. The van der Waals surface area contributed by atoms with Crippen molar-refractivity contribution in [1.29, 1.82) is 0 Å². The number of carbonyl (C=O) groups excluding carboxylic acids is 3. The van der Waals surface area contributed by atoms with Crippen molar-refractivity contribution in [2.45, 2.75) is 73.6 Å². The van der Waals surface area contributed by atoms with Crippen molar-refractivity contribution in [2.75, 3.05) is 6.54 Å². The predicted molar refractivity (Wildman–Crippen MR) is 135 cm³/mol. The van der Waals surface area contributed by atoms with Gasteiger partial charge < -0.3 is 15.4 Å². The number of rotatable bonds is 7. The van der Waals surface area contributed by atoms with Crippen molar-refractivity contribution in [3.05, 3.63) is 52.3 Å². The van der Waals surface area contributed by atoms with Crippen molar-refractivity contribution >= 4 is 18.0 Å². The summed E-state index contributed by atoms with van der Waals surface area (Å²) in [6, 6.07) is 7.68. The SMILES string of the molecule is Cc1ccc(-c2c(CN3C(=O)CNC3=O)c(C)nc(CC(C)C)c2CNC(=O)OC(C)(C)C)cc1. The number of hydrogen-bond acceptors (Lipinski definition) is 5. The molecule has 35 heavy (non-hydrogen) atoms. The number of ether oxygens (including phenoxy) is 1. The maximum atomic E-state index is 12.5. The average molecular weight is 481 g/mol. The number of pyridine rings is 1. The van der Waals surface area contributed by atoms with Crippen LogP contribution >= 0.6 is 0 Å². The highest BCUT2D eigenvalue weighted by atomic mass is 16.6. The van der Waals surface area contributed by atoms with Gasteiger partial charge in [-0.2, -0.15) is 0 Å². The Morgan fingerprint density at radius 2 is 1.80 bits per heavy atom. The molecule has 8 heteroatoms. The van der Waals surface area contributed by atoms with Crippen LogP contribution in [0.4, 0.5) is 9.59 Å². The third-order valence-corrected chi connectivity index (χ3v) is 5.69. The van der Waals surface area contributed by atoms with Gasteiger partial charge in [-0.3, -0.25) is 14.7 Å². The summed E-state index contributed by atoms with van der Waals surface area (Å²) in [7, 11) is 0. The van der Waals surface area contributed by atoms with Gasteiger partial charge in [-0.05, 0) is 58.1 Å². The van der Waals surface area contributed by atoms with E-state index in [4.69, 9.17) is 9.72 Å². The van der Waals surface area contributed by atoms with E-state index in [1.165, 1.54) is 4.90 Å². The zero-order valence-electron chi connectivity index (χ0n) is 21.7. The quantitative estimate of drug-likeness (QED) is 0.562. The van der Waals surface area contributed by atoms with Crippen molar-refractivity contribution in [2.24, 2.45) is 5.92 Å². The molecule has 8 nitrogen and oxygen atoms in total. The number of alkyl carbamates (subject to hydrolysis) is 1. The molecule has 1 aliphatic rings. The second-order valence-electron chi connectivity index (χ2n) is 10.4. The largest absolute Gasteiger partial charge is 0.444 e. The minimum absolute atomic E-state index is 0.0103. The lowest BCUT2D eigenvalue weighted by Gasteiger charge is -2.25. The molecule has 2 heterocycles. The lowest BCUT2D eigenvalue weighted by Crippen LogP contribution is -2.33. The van der Waals surface area contributed by atoms with Crippen LogP contribution in [0.1, 0.15) is 62.7 Å². The van der Waals surface area contributed by atoms with Gasteiger partial charge in [-0.25, -0.2) is 9.59 Å². The molecule has 1 aromatic carbocycles. The Bertz CT molecular complexity index is 1100. The Balaban J connectivity index is 2.16. The maximum absolute atomic E-state index is 12.5. The molecule has 4 amide bonds. The molecule has 0 bridgehead atoms. The second-order valence-corrected chi connectivity index (χ2v) is 10.4. The Morgan fingerprint density at radius 1 is 1.14 bits per heavy atom. The topological polar surface area (TPSA) is 101 Å². The van der Waals surface area contributed by atoms with Crippen LogP contribution in [0.25, 0.3) is 11.1 Å². The van der Waals surface area contributed by atoms with Gasteiger partial charge in [-0.1, -0.05) is 43.7 Å². The number of amides is 4. The highest BCUT2D eigenvalue weighted by Crippen LogP contribution is 2.34.